The number of benzene rings is 1. The van der Waals surface area contributed by atoms with Crippen LogP contribution in [0, 0.1) is 0 Å². The molecule has 1 heterocycles. The van der Waals surface area contributed by atoms with Crippen LogP contribution in [0.15, 0.2) is 41.1 Å². The number of ether oxygens (including phenoxy) is 1. The normalized spacial score (nSPS) is 11.6. The molecule has 0 aliphatic rings. The summed E-state index contributed by atoms with van der Waals surface area (Å²) in [5.74, 6) is -0.169. The molecule has 1 aromatic heterocycles. The molecule has 6 nitrogen and oxygen atoms in total. The van der Waals surface area contributed by atoms with E-state index < -0.39 is 5.91 Å². The maximum atomic E-state index is 11.8. The highest BCUT2D eigenvalue weighted by molar-refractivity contribution is 7.07. The van der Waals surface area contributed by atoms with Crippen LogP contribution in [0.5, 0.6) is 5.75 Å². The second-order valence-corrected chi connectivity index (χ2v) is 6.50. The Morgan fingerprint density at radius 1 is 1.17 bits per heavy atom. The number of likely N-dealkylation sites (N-methyl/N-ethyl adjacent to an activating group) is 1. The summed E-state index contributed by atoms with van der Waals surface area (Å²) < 4.78 is 5.28. The van der Waals surface area contributed by atoms with Crippen LogP contribution >= 0.6 is 22.9 Å². The molecule has 1 unspecified atom stereocenters. The van der Waals surface area contributed by atoms with Crippen molar-refractivity contribution in [2.75, 3.05) is 20.2 Å². The number of hydrogen-bond acceptors (Lipinski definition) is 4. The fourth-order valence-electron chi connectivity index (χ4n) is 1.98. The minimum Gasteiger partial charge on any atom is -0.484 e. The second-order valence-electron chi connectivity index (χ2n) is 5.28. The van der Waals surface area contributed by atoms with E-state index in [1.807, 2.05) is 18.5 Å². The Labute approximate surface area is 149 Å². The zero-order chi connectivity index (χ0) is 17.4. The molecule has 0 radical (unpaired) electrons. The van der Waals surface area contributed by atoms with Gasteiger partial charge in [0.05, 0.1) is 7.05 Å². The molecular weight excluding hydrogens is 350 g/mol. The van der Waals surface area contributed by atoms with Gasteiger partial charge in [0.15, 0.2) is 13.2 Å². The van der Waals surface area contributed by atoms with E-state index in [0.717, 1.165) is 11.4 Å². The number of carbonyl (C=O) groups is 2. The van der Waals surface area contributed by atoms with Crippen molar-refractivity contribution < 1.29 is 19.2 Å². The molecule has 128 valence electrons. The van der Waals surface area contributed by atoms with Gasteiger partial charge in [0, 0.05) is 10.6 Å². The van der Waals surface area contributed by atoms with Crippen molar-refractivity contribution in [3.63, 3.8) is 0 Å². The molecule has 8 heteroatoms. The lowest BCUT2D eigenvalue weighted by molar-refractivity contribution is -0.885. The number of carbonyl (C=O) groups excluding carboxylic acids is 2. The van der Waals surface area contributed by atoms with Crippen LogP contribution in [0.4, 0.5) is 0 Å². The number of thiophene rings is 1. The number of rotatable bonds is 7. The second kappa shape index (κ2) is 9.27. The van der Waals surface area contributed by atoms with E-state index >= 15 is 0 Å². The number of halogens is 1. The zero-order valence-corrected chi connectivity index (χ0v) is 14.7. The van der Waals surface area contributed by atoms with Crippen LogP contribution in [0.25, 0.3) is 0 Å². The smallest absolute Gasteiger partial charge is 0.293 e. The van der Waals surface area contributed by atoms with Crippen molar-refractivity contribution >= 4 is 34.8 Å². The maximum Gasteiger partial charge on any atom is 0.293 e. The Bertz CT molecular complexity index is 662. The largest absolute Gasteiger partial charge is 0.484 e. The maximum absolute atomic E-state index is 11.8. The van der Waals surface area contributed by atoms with E-state index in [4.69, 9.17) is 16.3 Å². The van der Waals surface area contributed by atoms with Crippen molar-refractivity contribution in [1.82, 2.24) is 10.9 Å². The fourth-order valence-corrected chi connectivity index (χ4v) is 2.77. The molecule has 24 heavy (non-hydrogen) atoms. The van der Waals surface area contributed by atoms with Crippen LogP contribution in [-0.4, -0.2) is 32.0 Å². The Morgan fingerprint density at radius 3 is 2.54 bits per heavy atom. The summed E-state index contributed by atoms with van der Waals surface area (Å²) in [4.78, 5) is 24.5. The molecule has 0 bridgehead atoms. The van der Waals surface area contributed by atoms with Crippen LogP contribution in [0.2, 0.25) is 5.02 Å². The topological polar surface area (TPSA) is 71.9 Å². The summed E-state index contributed by atoms with van der Waals surface area (Å²) >= 11 is 7.39. The van der Waals surface area contributed by atoms with Gasteiger partial charge in [-0.3, -0.25) is 20.4 Å². The molecule has 1 aromatic carbocycles. The molecule has 2 amide bonds. The molecule has 2 rings (SSSR count). The predicted molar refractivity (Wildman–Crippen MR) is 93.0 cm³/mol. The van der Waals surface area contributed by atoms with Gasteiger partial charge in [-0.05, 0) is 41.1 Å². The molecule has 0 fully saturated rings. The van der Waals surface area contributed by atoms with Gasteiger partial charge in [0.2, 0.25) is 0 Å². The third kappa shape index (κ3) is 6.57. The van der Waals surface area contributed by atoms with Crippen molar-refractivity contribution in [2.45, 2.75) is 6.54 Å². The number of hydrogen-bond donors (Lipinski definition) is 3. The molecule has 2 aromatic rings. The van der Waals surface area contributed by atoms with Gasteiger partial charge in [-0.15, -0.1) is 0 Å². The van der Waals surface area contributed by atoms with Gasteiger partial charge in [-0.1, -0.05) is 11.6 Å². The lowest BCUT2D eigenvalue weighted by atomic mass is 10.3. The summed E-state index contributed by atoms with van der Waals surface area (Å²) in [5, 5.41) is 4.65. The quantitative estimate of drug-likeness (QED) is 0.628. The number of amides is 2. The average Bonchev–Trinajstić information content (AvgIpc) is 3.05. The Balaban J connectivity index is 1.63. The molecule has 0 aliphatic heterocycles. The van der Waals surface area contributed by atoms with Crippen molar-refractivity contribution in [3.05, 3.63) is 51.7 Å². The number of hydrazine groups is 1. The first kappa shape index (κ1) is 18.3. The van der Waals surface area contributed by atoms with E-state index in [1.54, 1.807) is 35.6 Å². The SMILES string of the molecule is C[NH+](CC(=O)NNC(=O)COc1ccc(Cl)cc1)Cc1ccsc1. The van der Waals surface area contributed by atoms with Crippen LogP contribution < -0.4 is 20.5 Å². The van der Waals surface area contributed by atoms with Crippen molar-refractivity contribution in [3.8, 4) is 5.75 Å². The average molecular weight is 369 g/mol. The summed E-state index contributed by atoms with van der Waals surface area (Å²) in [6.45, 7) is 0.818. The standard InChI is InChI=1S/C16H18ClN3O3S/c1-20(8-12-6-7-24-11-12)9-15(21)18-19-16(22)10-23-14-4-2-13(17)3-5-14/h2-7,11H,8-10H2,1H3,(H,18,21)(H,19,22)/p+1. The van der Waals surface area contributed by atoms with E-state index in [1.165, 1.54) is 5.56 Å². The Kier molecular flexibility index (Phi) is 7.05. The highest BCUT2D eigenvalue weighted by Crippen LogP contribution is 2.15. The first-order valence-electron chi connectivity index (χ1n) is 7.31. The van der Waals surface area contributed by atoms with Gasteiger partial charge in [0.25, 0.3) is 11.8 Å². The van der Waals surface area contributed by atoms with Gasteiger partial charge in [0.1, 0.15) is 12.3 Å². The van der Waals surface area contributed by atoms with E-state index in [0.29, 0.717) is 10.8 Å². The van der Waals surface area contributed by atoms with Crippen LogP contribution in [0.3, 0.4) is 0 Å². The molecule has 0 saturated carbocycles. The third-order valence-electron chi connectivity index (χ3n) is 3.07. The molecule has 0 spiro atoms. The summed E-state index contributed by atoms with van der Waals surface area (Å²) in [5.41, 5.74) is 5.89. The Hall–Kier alpha value is -2.09. The van der Waals surface area contributed by atoms with Crippen LogP contribution in [0.1, 0.15) is 5.56 Å². The molecule has 1 atom stereocenters. The number of quaternary nitrogens is 1. The van der Waals surface area contributed by atoms with Crippen LogP contribution in [-0.2, 0) is 16.1 Å². The lowest BCUT2D eigenvalue weighted by Gasteiger charge is -2.13. The molecular formula is C16H19ClN3O3S+. The third-order valence-corrected chi connectivity index (χ3v) is 4.06. The first-order chi connectivity index (χ1) is 11.5. The summed E-state index contributed by atoms with van der Waals surface area (Å²) in [6.07, 6.45) is 0. The summed E-state index contributed by atoms with van der Waals surface area (Å²) in [6, 6.07) is 8.70. The molecule has 0 aliphatic carbocycles. The van der Waals surface area contributed by atoms with E-state index in [-0.39, 0.29) is 19.1 Å². The van der Waals surface area contributed by atoms with E-state index in [9.17, 15) is 9.59 Å². The van der Waals surface area contributed by atoms with Gasteiger partial charge < -0.3 is 9.64 Å². The zero-order valence-electron chi connectivity index (χ0n) is 13.2. The van der Waals surface area contributed by atoms with E-state index in [2.05, 4.69) is 16.2 Å². The van der Waals surface area contributed by atoms with Gasteiger partial charge >= 0.3 is 0 Å². The van der Waals surface area contributed by atoms with Crippen molar-refractivity contribution in [2.24, 2.45) is 0 Å². The van der Waals surface area contributed by atoms with Gasteiger partial charge in [-0.25, -0.2) is 0 Å². The first-order valence-corrected chi connectivity index (χ1v) is 8.63. The summed E-state index contributed by atoms with van der Waals surface area (Å²) in [7, 11) is 1.92. The molecule has 3 N–H and O–H groups in total. The Morgan fingerprint density at radius 2 is 1.88 bits per heavy atom. The van der Waals surface area contributed by atoms with Gasteiger partial charge in [-0.2, -0.15) is 11.3 Å². The minimum absolute atomic E-state index is 0.195. The van der Waals surface area contributed by atoms with Crippen molar-refractivity contribution in [1.29, 1.82) is 0 Å². The highest BCUT2D eigenvalue weighted by Gasteiger charge is 2.12. The fraction of sp³-hybridized carbons (Fsp3) is 0.250. The lowest BCUT2D eigenvalue weighted by Crippen LogP contribution is -3.09. The molecule has 0 saturated heterocycles. The minimum atomic E-state index is -0.436. The highest BCUT2D eigenvalue weighted by atomic mass is 35.5. The monoisotopic (exact) mass is 368 g/mol. The predicted octanol–water partition coefficient (Wildman–Crippen LogP) is 0.643. The number of nitrogens with one attached hydrogen (secondary N) is 3.